The normalized spacial score (nSPS) is 11.8. The molecule has 6 heterocycles. The van der Waals surface area contributed by atoms with E-state index in [9.17, 15) is 0 Å². The van der Waals surface area contributed by atoms with Gasteiger partial charge in [0.25, 0.3) is 0 Å². The summed E-state index contributed by atoms with van der Waals surface area (Å²) >= 11 is 0. The first-order valence-electron chi connectivity index (χ1n) is 12.5. The zero-order valence-electron chi connectivity index (χ0n) is 21.6. The fraction of sp³-hybridized carbons (Fsp3) is 0.167. The van der Waals surface area contributed by atoms with Crippen LogP contribution in [0.4, 0.5) is 5.69 Å². The summed E-state index contributed by atoms with van der Waals surface area (Å²) in [4.78, 5) is 21.9. The van der Waals surface area contributed by atoms with Gasteiger partial charge in [-0.2, -0.15) is 5.10 Å². The van der Waals surface area contributed by atoms with E-state index in [1.807, 2.05) is 48.7 Å². The molecule has 0 aliphatic carbocycles. The predicted molar refractivity (Wildman–Crippen MR) is 152 cm³/mol. The number of hydrogen-bond donors (Lipinski definition) is 3. The van der Waals surface area contributed by atoms with E-state index >= 15 is 0 Å². The van der Waals surface area contributed by atoms with Crippen LogP contribution in [0.3, 0.4) is 0 Å². The van der Waals surface area contributed by atoms with Crippen LogP contribution in [-0.4, -0.2) is 35.1 Å². The van der Waals surface area contributed by atoms with E-state index in [2.05, 4.69) is 68.9 Å². The first-order chi connectivity index (χ1) is 18.3. The van der Waals surface area contributed by atoms with Crippen LogP contribution in [0.15, 0.2) is 85.6 Å². The number of hydrogen-bond acceptors (Lipinski definition) is 6. The Morgan fingerprint density at radius 3 is 2.68 bits per heavy atom. The maximum atomic E-state index is 4.98. The van der Waals surface area contributed by atoms with Gasteiger partial charge in [0.1, 0.15) is 16.9 Å². The molecule has 188 valence electrons. The summed E-state index contributed by atoms with van der Waals surface area (Å²) in [5.41, 5.74) is 9.55. The smallest absolute Gasteiger partial charge is 0.138 e. The van der Waals surface area contributed by atoms with Crippen LogP contribution in [-0.2, 0) is 0 Å². The fourth-order valence-corrected chi connectivity index (χ4v) is 4.68. The van der Waals surface area contributed by atoms with E-state index in [-0.39, 0.29) is 5.41 Å². The summed E-state index contributed by atoms with van der Waals surface area (Å²) in [7, 11) is 0. The molecule has 0 aliphatic heterocycles. The van der Waals surface area contributed by atoms with Gasteiger partial charge >= 0.3 is 0 Å². The van der Waals surface area contributed by atoms with Crippen LogP contribution in [0, 0.1) is 5.41 Å². The third kappa shape index (κ3) is 4.64. The van der Waals surface area contributed by atoms with Crippen LogP contribution in [0.1, 0.15) is 27.2 Å². The van der Waals surface area contributed by atoms with Crippen LogP contribution >= 0.6 is 0 Å². The molecule has 0 radical (unpaired) electrons. The van der Waals surface area contributed by atoms with Crippen molar-refractivity contribution in [2.45, 2.75) is 27.2 Å². The lowest BCUT2D eigenvalue weighted by Gasteiger charge is -2.20. The lowest BCUT2D eigenvalue weighted by molar-refractivity contribution is 0.411. The van der Waals surface area contributed by atoms with Gasteiger partial charge in [-0.3, -0.25) is 15.1 Å². The second-order valence-electron chi connectivity index (χ2n) is 10.6. The summed E-state index contributed by atoms with van der Waals surface area (Å²) in [6.07, 6.45) is 8.06. The van der Waals surface area contributed by atoms with Gasteiger partial charge in [-0.15, -0.1) is 0 Å². The Morgan fingerprint density at radius 1 is 0.974 bits per heavy atom. The highest BCUT2D eigenvalue weighted by molar-refractivity contribution is 5.98. The Bertz CT molecular complexity index is 1770. The number of aromatic amines is 2. The van der Waals surface area contributed by atoms with Gasteiger partial charge in [-0.05, 0) is 54.3 Å². The van der Waals surface area contributed by atoms with Crippen LogP contribution in [0.25, 0.3) is 56.0 Å². The number of pyridine rings is 4. The molecular weight excluding hydrogens is 472 g/mol. The molecule has 6 rings (SSSR count). The van der Waals surface area contributed by atoms with Crippen molar-refractivity contribution in [2.24, 2.45) is 5.41 Å². The van der Waals surface area contributed by atoms with Gasteiger partial charge < -0.3 is 10.3 Å². The lowest BCUT2D eigenvalue weighted by Crippen LogP contribution is -2.10. The number of rotatable bonds is 6. The summed E-state index contributed by atoms with van der Waals surface area (Å²) in [5, 5.41) is 12.1. The highest BCUT2D eigenvalue weighted by Gasteiger charge is 2.17. The zero-order valence-corrected chi connectivity index (χ0v) is 21.6. The molecule has 3 N–H and O–H groups in total. The molecule has 8 nitrogen and oxygen atoms in total. The highest BCUT2D eigenvalue weighted by atomic mass is 15.1. The third-order valence-electron chi connectivity index (χ3n) is 6.23. The van der Waals surface area contributed by atoms with Crippen LogP contribution in [0.2, 0.25) is 0 Å². The monoisotopic (exact) mass is 500 g/mol. The van der Waals surface area contributed by atoms with E-state index in [0.717, 1.165) is 73.8 Å². The van der Waals surface area contributed by atoms with Crippen molar-refractivity contribution in [1.29, 1.82) is 0 Å². The number of anilines is 1. The Morgan fingerprint density at radius 2 is 1.87 bits per heavy atom. The average molecular weight is 501 g/mol. The molecule has 0 atom stereocenters. The number of nitrogens with zero attached hydrogens (tertiary/aromatic N) is 5. The molecule has 0 unspecified atom stereocenters. The number of fused-ring (bicyclic) bond motifs is 2. The average Bonchev–Trinajstić information content (AvgIpc) is 3.51. The molecule has 0 saturated heterocycles. The Kier molecular flexibility index (Phi) is 5.72. The Labute approximate surface area is 220 Å². The van der Waals surface area contributed by atoms with Crippen molar-refractivity contribution >= 4 is 27.8 Å². The first-order valence-corrected chi connectivity index (χ1v) is 12.5. The molecule has 8 heteroatoms. The fourth-order valence-electron chi connectivity index (χ4n) is 4.68. The molecule has 0 bridgehead atoms. The van der Waals surface area contributed by atoms with Crippen LogP contribution < -0.4 is 5.32 Å². The molecular formula is C30H28N8. The second-order valence-corrected chi connectivity index (χ2v) is 10.6. The molecule has 0 saturated carbocycles. The largest absolute Gasteiger partial charge is 0.358 e. The lowest BCUT2D eigenvalue weighted by atomic mass is 9.91. The summed E-state index contributed by atoms with van der Waals surface area (Å²) in [6, 6.07) is 15.9. The van der Waals surface area contributed by atoms with E-state index in [1.54, 1.807) is 18.6 Å². The maximum Gasteiger partial charge on any atom is 0.138 e. The number of allylic oxidation sites excluding steroid dienone is 1. The van der Waals surface area contributed by atoms with Crippen LogP contribution in [0.5, 0.6) is 0 Å². The van der Waals surface area contributed by atoms with Crippen molar-refractivity contribution in [1.82, 2.24) is 35.1 Å². The van der Waals surface area contributed by atoms with Crippen molar-refractivity contribution in [2.75, 3.05) is 5.32 Å². The van der Waals surface area contributed by atoms with Crippen molar-refractivity contribution in [3.63, 3.8) is 0 Å². The SMILES string of the molecule is C=C(CC(C)(C)C)Nc1cncc(-c2ccc3[nH]nc(-c4cc5c(-c6ccccn6)ccnc5[nH]4)c3n2)c1. The zero-order chi connectivity index (χ0) is 26.3. The number of nitrogens with one attached hydrogen (secondary N) is 3. The van der Waals surface area contributed by atoms with Gasteiger partial charge in [0.2, 0.25) is 0 Å². The van der Waals surface area contributed by atoms with Gasteiger partial charge in [0.05, 0.1) is 34.5 Å². The highest BCUT2D eigenvalue weighted by Crippen LogP contribution is 2.33. The van der Waals surface area contributed by atoms with Gasteiger partial charge in [-0.25, -0.2) is 9.97 Å². The molecule has 0 aromatic carbocycles. The minimum atomic E-state index is 0.149. The molecule has 0 fully saturated rings. The van der Waals surface area contributed by atoms with Gasteiger partial charge in [0, 0.05) is 40.8 Å². The maximum absolute atomic E-state index is 4.98. The van der Waals surface area contributed by atoms with Crippen molar-refractivity contribution in [3.8, 4) is 33.9 Å². The summed E-state index contributed by atoms with van der Waals surface area (Å²) in [5.74, 6) is 0. The molecule has 6 aromatic heterocycles. The third-order valence-corrected chi connectivity index (χ3v) is 6.23. The first kappa shape index (κ1) is 23.5. The quantitative estimate of drug-likeness (QED) is 0.227. The molecule has 0 amide bonds. The minimum absolute atomic E-state index is 0.149. The van der Waals surface area contributed by atoms with E-state index in [0.29, 0.717) is 0 Å². The Hall–Kier alpha value is -4.85. The summed E-state index contributed by atoms with van der Waals surface area (Å²) in [6.45, 7) is 10.8. The molecule has 6 aromatic rings. The summed E-state index contributed by atoms with van der Waals surface area (Å²) < 4.78 is 0. The van der Waals surface area contributed by atoms with Crippen molar-refractivity contribution < 1.29 is 0 Å². The standard InChI is InChI=1S/C30H28N8/c1-18(15-30(2,3)4)34-20-13-19(16-31-17-20)23-8-9-25-27(35-23)28(38-37-25)26-14-22-21(10-12-33-29(22)36-26)24-7-5-6-11-32-24/h5-14,16-17,34H,1,15H2,2-4H3,(H,33,36)(H,37,38). The van der Waals surface area contributed by atoms with E-state index < -0.39 is 0 Å². The van der Waals surface area contributed by atoms with Gasteiger partial charge in [-0.1, -0.05) is 33.4 Å². The molecule has 0 aliphatic rings. The predicted octanol–water partition coefficient (Wildman–Crippen LogP) is 6.99. The molecule has 38 heavy (non-hydrogen) atoms. The van der Waals surface area contributed by atoms with Crippen molar-refractivity contribution in [3.05, 3.63) is 85.6 Å². The van der Waals surface area contributed by atoms with E-state index in [1.165, 1.54) is 0 Å². The minimum Gasteiger partial charge on any atom is -0.358 e. The number of aromatic nitrogens is 7. The van der Waals surface area contributed by atoms with Gasteiger partial charge in [0.15, 0.2) is 0 Å². The number of H-pyrrole nitrogens is 2. The second kappa shape index (κ2) is 9.23. The molecule has 0 spiro atoms. The topological polar surface area (TPSA) is 108 Å². The Balaban J connectivity index is 1.36. The van der Waals surface area contributed by atoms with E-state index in [4.69, 9.17) is 4.98 Å².